The van der Waals surface area contributed by atoms with Crippen LogP contribution in [-0.4, -0.2) is 26.8 Å². The third kappa shape index (κ3) is 3.19. The van der Waals surface area contributed by atoms with E-state index in [0.29, 0.717) is 0 Å². The van der Waals surface area contributed by atoms with Gasteiger partial charge in [0, 0.05) is 5.69 Å². The number of aryl methyl sites for hydroxylation is 5. The van der Waals surface area contributed by atoms with Gasteiger partial charge in [0.1, 0.15) is 11.3 Å². The Morgan fingerprint density at radius 3 is 1.29 bits per heavy atom. The highest BCUT2D eigenvalue weighted by atomic mass is 16.2. The molecule has 0 N–H and O–H groups in total. The molecule has 7 heteroatoms. The fraction of sp³-hybridized carbons (Fsp3) is 0.122. The average molecular weight is 619 g/mol. The molecule has 2 aliphatic heterocycles. The van der Waals surface area contributed by atoms with Gasteiger partial charge in [-0.25, -0.2) is 0 Å². The second-order valence-corrected chi connectivity index (χ2v) is 13.9. The van der Waals surface area contributed by atoms with E-state index in [4.69, 9.17) is 0 Å². The van der Waals surface area contributed by atoms with Crippen LogP contribution in [0.5, 0.6) is 0 Å². The predicted octanol–water partition coefficient (Wildman–Crippen LogP) is 3.21. The first-order chi connectivity index (χ1) is 23.3. The SMILES string of the molecule is Cc1cc2c3c(c1)B(c1c(C)cccc1C)c1c4ccccc4n4c(=O)c(=O)n5c6ccccc6c(c5n-3c14)B2c1c(C)cccc1C. The maximum absolute atomic E-state index is 14.8. The molecule has 0 fully saturated rings. The third-order valence-corrected chi connectivity index (χ3v) is 11.2. The van der Waals surface area contributed by atoms with Crippen LogP contribution < -0.4 is 43.9 Å². The summed E-state index contributed by atoms with van der Waals surface area (Å²) in [5.41, 5.74) is 16.2. The Kier molecular flexibility index (Phi) is 5.33. The summed E-state index contributed by atoms with van der Waals surface area (Å²) < 4.78 is 5.71. The molecule has 8 aromatic rings. The number of para-hydroxylation sites is 2. The quantitative estimate of drug-likeness (QED) is 0.221. The summed E-state index contributed by atoms with van der Waals surface area (Å²) in [7, 11) is 0. The highest BCUT2D eigenvalue weighted by Gasteiger charge is 2.45. The molecule has 0 bridgehead atoms. The fourth-order valence-electron chi connectivity index (χ4n) is 9.44. The maximum Gasteiger partial charge on any atom is 0.323 e. The summed E-state index contributed by atoms with van der Waals surface area (Å²) >= 11 is 0. The van der Waals surface area contributed by atoms with Crippen molar-refractivity contribution in [2.45, 2.75) is 34.6 Å². The summed E-state index contributed by atoms with van der Waals surface area (Å²) in [4.78, 5) is 29.5. The highest BCUT2D eigenvalue weighted by molar-refractivity contribution is 7.03. The summed E-state index contributed by atoms with van der Waals surface area (Å²) in [6.07, 6.45) is 0. The number of aromatic nitrogens is 3. The normalized spacial score (nSPS) is 13.2. The molecule has 0 aliphatic carbocycles. The van der Waals surface area contributed by atoms with Crippen LogP contribution in [0.1, 0.15) is 27.8 Å². The molecule has 0 spiro atoms. The molecular weight excluding hydrogens is 588 g/mol. The first-order valence-corrected chi connectivity index (χ1v) is 16.7. The summed E-state index contributed by atoms with van der Waals surface area (Å²) in [6, 6.07) is 33.9. The zero-order valence-electron chi connectivity index (χ0n) is 27.6. The molecule has 0 saturated heterocycles. The lowest BCUT2D eigenvalue weighted by Gasteiger charge is -2.35. The van der Waals surface area contributed by atoms with E-state index < -0.39 is 11.1 Å². The lowest BCUT2D eigenvalue weighted by molar-refractivity contribution is 1.07. The van der Waals surface area contributed by atoms with Gasteiger partial charge in [-0.1, -0.05) is 124 Å². The number of rotatable bonds is 2. The smallest absolute Gasteiger partial charge is 0.283 e. The average Bonchev–Trinajstić information content (AvgIpc) is 3.56. The van der Waals surface area contributed by atoms with Crippen molar-refractivity contribution in [3.05, 3.63) is 146 Å². The van der Waals surface area contributed by atoms with E-state index in [2.05, 4.69) is 99.8 Å². The van der Waals surface area contributed by atoms with E-state index >= 15 is 0 Å². The Hall–Kier alpha value is -5.55. The van der Waals surface area contributed by atoms with Crippen molar-refractivity contribution >= 4 is 79.3 Å². The van der Waals surface area contributed by atoms with Crippen LogP contribution >= 0.6 is 0 Å². The Labute approximate surface area is 277 Å². The molecule has 0 amide bonds. The van der Waals surface area contributed by atoms with E-state index in [1.165, 1.54) is 49.7 Å². The van der Waals surface area contributed by atoms with Crippen LogP contribution in [-0.2, 0) is 0 Å². The first kappa shape index (κ1) is 27.6. The van der Waals surface area contributed by atoms with Crippen LogP contribution in [0, 0.1) is 34.6 Å². The van der Waals surface area contributed by atoms with Crippen LogP contribution in [0.2, 0.25) is 0 Å². The van der Waals surface area contributed by atoms with Crippen LogP contribution in [0.3, 0.4) is 0 Å². The standard InChI is InChI=1S/C41H31B2N3O2/c1-22-20-29-37-30(21-22)43(34-25(4)14-11-15-26(34)5)36-28-17-7-9-19-32(28)45-39(36)46(37)38-35(42(29)33-23(2)12-10-13-24(33)3)27-16-6-8-18-31(27)44(38)40(47)41(45)48/h6-21H,1-5H3. The molecule has 0 atom stereocenters. The molecule has 5 heterocycles. The second kappa shape index (κ2) is 9.29. The molecule has 0 saturated carbocycles. The first-order valence-electron chi connectivity index (χ1n) is 16.7. The van der Waals surface area contributed by atoms with Gasteiger partial charge in [0.05, 0.1) is 11.0 Å². The molecule has 228 valence electrons. The van der Waals surface area contributed by atoms with Crippen molar-refractivity contribution in [3.63, 3.8) is 0 Å². The maximum atomic E-state index is 14.8. The predicted molar refractivity (Wildman–Crippen MR) is 201 cm³/mol. The number of hydrogen-bond acceptors (Lipinski definition) is 2. The van der Waals surface area contributed by atoms with Crippen molar-refractivity contribution in [2.75, 3.05) is 0 Å². The van der Waals surface area contributed by atoms with Gasteiger partial charge in [0.15, 0.2) is 0 Å². The number of hydrogen-bond donors (Lipinski definition) is 0. The Morgan fingerprint density at radius 1 is 0.479 bits per heavy atom. The molecule has 48 heavy (non-hydrogen) atoms. The van der Waals surface area contributed by atoms with Crippen LogP contribution in [0.25, 0.3) is 38.8 Å². The van der Waals surface area contributed by atoms with E-state index in [0.717, 1.165) is 49.7 Å². The van der Waals surface area contributed by atoms with Crippen LogP contribution in [0.15, 0.2) is 107 Å². The molecule has 5 nitrogen and oxygen atoms in total. The fourth-order valence-corrected chi connectivity index (χ4v) is 9.44. The number of benzene rings is 5. The third-order valence-electron chi connectivity index (χ3n) is 11.2. The lowest BCUT2D eigenvalue weighted by atomic mass is 9.30. The number of nitrogens with zero attached hydrogens (tertiary/aromatic N) is 3. The Morgan fingerprint density at radius 2 is 0.875 bits per heavy atom. The Balaban J connectivity index is 1.60. The summed E-state index contributed by atoms with van der Waals surface area (Å²) in [5.74, 6) is 0. The van der Waals surface area contributed by atoms with Gasteiger partial charge in [-0.3, -0.25) is 23.0 Å². The van der Waals surface area contributed by atoms with Crippen LogP contribution in [0.4, 0.5) is 0 Å². The van der Waals surface area contributed by atoms with Gasteiger partial charge in [0.2, 0.25) is 13.4 Å². The van der Waals surface area contributed by atoms with Crippen molar-refractivity contribution < 1.29 is 0 Å². The Bertz CT molecular complexity index is 2680. The number of fused-ring (bicyclic) bond motifs is 6. The van der Waals surface area contributed by atoms with Crippen molar-refractivity contribution in [2.24, 2.45) is 0 Å². The van der Waals surface area contributed by atoms with Gasteiger partial charge in [0.25, 0.3) is 0 Å². The van der Waals surface area contributed by atoms with Crippen molar-refractivity contribution in [3.8, 4) is 5.69 Å². The zero-order chi connectivity index (χ0) is 32.7. The minimum atomic E-state index is -0.536. The molecule has 2 aliphatic rings. The molecule has 10 rings (SSSR count). The molecule has 3 aromatic heterocycles. The summed E-state index contributed by atoms with van der Waals surface area (Å²) in [5, 5.41) is 2.00. The molecular formula is C41H31B2N3O2. The van der Waals surface area contributed by atoms with Crippen molar-refractivity contribution in [1.82, 2.24) is 13.4 Å². The van der Waals surface area contributed by atoms with E-state index in [-0.39, 0.29) is 13.4 Å². The molecule has 0 unspecified atom stereocenters. The largest absolute Gasteiger partial charge is 0.323 e. The monoisotopic (exact) mass is 619 g/mol. The molecule has 0 radical (unpaired) electrons. The zero-order valence-corrected chi connectivity index (χ0v) is 27.6. The second-order valence-electron chi connectivity index (χ2n) is 13.9. The van der Waals surface area contributed by atoms with E-state index in [9.17, 15) is 9.59 Å². The van der Waals surface area contributed by atoms with Gasteiger partial charge >= 0.3 is 11.1 Å². The van der Waals surface area contributed by atoms with Crippen molar-refractivity contribution in [1.29, 1.82) is 0 Å². The summed E-state index contributed by atoms with van der Waals surface area (Å²) in [6.45, 7) is 10.7. The lowest BCUT2D eigenvalue weighted by Crippen LogP contribution is -2.64. The highest BCUT2D eigenvalue weighted by Crippen LogP contribution is 2.30. The van der Waals surface area contributed by atoms with E-state index in [1.807, 2.05) is 36.4 Å². The van der Waals surface area contributed by atoms with Gasteiger partial charge in [-0.15, -0.1) is 0 Å². The van der Waals surface area contributed by atoms with Gasteiger partial charge in [-0.2, -0.15) is 0 Å². The topological polar surface area (TPSA) is 47.9 Å². The van der Waals surface area contributed by atoms with Gasteiger partial charge < -0.3 is 0 Å². The van der Waals surface area contributed by atoms with Gasteiger partial charge in [-0.05, 0) is 79.4 Å². The minimum Gasteiger partial charge on any atom is -0.283 e. The van der Waals surface area contributed by atoms with E-state index in [1.54, 1.807) is 8.80 Å². The minimum absolute atomic E-state index is 0.142. The molecule has 5 aromatic carbocycles.